The highest BCUT2D eigenvalue weighted by Gasteiger charge is 2.52. The minimum Gasteiger partial charge on any atom is -0.488 e. The Labute approximate surface area is 186 Å². The van der Waals surface area contributed by atoms with Crippen LogP contribution in [0.15, 0.2) is 47.1 Å². The molecule has 0 spiro atoms. The van der Waals surface area contributed by atoms with Gasteiger partial charge in [-0.2, -0.15) is 0 Å². The average molecular weight is 440 g/mol. The molecule has 2 heterocycles. The summed E-state index contributed by atoms with van der Waals surface area (Å²) in [5.41, 5.74) is 1.84. The number of fused-ring (bicyclic) bond motifs is 1. The molecule has 1 fully saturated rings. The van der Waals surface area contributed by atoms with E-state index in [0.29, 0.717) is 16.9 Å². The van der Waals surface area contributed by atoms with E-state index in [2.05, 4.69) is 0 Å². The molecule has 168 valence electrons. The number of esters is 1. The maximum Gasteiger partial charge on any atom is 0.498 e. The monoisotopic (exact) mass is 440 g/mol. The van der Waals surface area contributed by atoms with Gasteiger partial charge in [-0.3, -0.25) is 4.79 Å². The number of benzene rings is 2. The van der Waals surface area contributed by atoms with Gasteiger partial charge in [-0.25, -0.2) is 4.39 Å². The van der Waals surface area contributed by atoms with Gasteiger partial charge in [-0.05, 0) is 51.5 Å². The van der Waals surface area contributed by atoms with Crippen molar-refractivity contribution in [3.63, 3.8) is 0 Å². The van der Waals surface area contributed by atoms with Gasteiger partial charge in [0.25, 0.3) is 0 Å². The molecule has 6 nitrogen and oxygen atoms in total. The fourth-order valence-corrected chi connectivity index (χ4v) is 3.60. The molecule has 8 heteroatoms. The van der Waals surface area contributed by atoms with Crippen molar-refractivity contribution in [1.29, 1.82) is 0 Å². The normalized spacial score (nSPS) is 17.0. The average Bonchev–Trinajstić information content (AvgIpc) is 3.28. The van der Waals surface area contributed by atoms with Crippen LogP contribution in [0, 0.1) is 5.82 Å². The zero-order chi connectivity index (χ0) is 23.1. The van der Waals surface area contributed by atoms with Crippen molar-refractivity contribution >= 4 is 29.5 Å². The lowest BCUT2D eigenvalue weighted by atomic mass is 9.77. The van der Waals surface area contributed by atoms with Crippen LogP contribution < -0.4 is 10.2 Å². The van der Waals surface area contributed by atoms with E-state index in [1.54, 1.807) is 6.26 Å². The van der Waals surface area contributed by atoms with Gasteiger partial charge in [0.05, 0.1) is 31.0 Å². The number of hydrogen-bond donors (Lipinski definition) is 0. The van der Waals surface area contributed by atoms with Crippen LogP contribution in [0.4, 0.5) is 4.39 Å². The molecule has 0 radical (unpaired) electrons. The number of halogens is 1. The summed E-state index contributed by atoms with van der Waals surface area (Å²) in [7, 11) is 0.710. The van der Waals surface area contributed by atoms with Gasteiger partial charge < -0.3 is 23.2 Å². The first-order valence-electron chi connectivity index (χ1n) is 10.4. The Kier molecular flexibility index (Phi) is 5.77. The first-order valence-corrected chi connectivity index (χ1v) is 10.4. The van der Waals surface area contributed by atoms with Crippen molar-refractivity contribution in [3.8, 4) is 5.75 Å². The smallest absolute Gasteiger partial charge is 0.488 e. The zero-order valence-electron chi connectivity index (χ0n) is 18.9. The predicted octanol–water partition coefficient (Wildman–Crippen LogP) is 4.17. The quantitative estimate of drug-likeness (QED) is 0.424. The summed E-state index contributed by atoms with van der Waals surface area (Å²) >= 11 is 0. The van der Waals surface area contributed by atoms with Crippen LogP contribution in [0.5, 0.6) is 5.75 Å². The summed E-state index contributed by atoms with van der Waals surface area (Å²) in [5, 5.41) is 0.879. The highest BCUT2D eigenvalue weighted by Crippen LogP contribution is 2.37. The molecule has 1 aliphatic rings. The van der Waals surface area contributed by atoms with Crippen LogP contribution >= 0.6 is 0 Å². The summed E-state index contributed by atoms with van der Waals surface area (Å²) in [6, 6.07) is 9.79. The number of carbonyl (C=O) groups is 1. The molecule has 0 amide bonds. The van der Waals surface area contributed by atoms with Crippen molar-refractivity contribution < 1.29 is 32.4 Å². The molecular formula is C24H26BFO6. The highest BCUT2D eigenvalue weighted by molar-refractivity contribution is 6.64. The van der Waals surface area contributed by atoms with Crippen LogP contribution in [0.25, 0.3) is 11.0 Å². The van der Waals surface area contributed by atoms with E-state index in [-0.39, 0.29) is 13.0 Å². The van der Waals surface area contributed by atoms with Gasteiger partial charge in [0, 0.05) is 22.5 Å². The zero-order valence-corrected chi connectivity index (χ0v) is 18.9. The van der Waals surface area contributed by atoms with Crippen LogP contribution in [0.3, 0.4) is 0 Å². The fraction of sp³-hybridized carbons (Fsp3) is 0.375. The Bertz CT molecular complexity index is 1140. The standard InChI is InChI=1S/C24H26BFO6/c1-23(2)24(3,4)32-25(31-23)19-11-15(10-17-8-9-29-22(17)19)14-30-20-13-18(26)7-6-16(20)12-21(27)28-5/h6-11,13H,12,14H2,1-5H3. The molecule has 1 aromatic heterocycles. The number of ether oxygens (including phenoxy) is 2. The fourth-order valence-electron chi connectivity index (χ4n) is 3.60. The third-order valence-electron chi connectivity index (χ3n) is 6.13. The summed E-state index contributed by atoms with van der Waals surface area (Å²) in [4.78, 5) is 11.7. The topological polar surface area (TPSA) is 67.1 Å². The van der Waals surface area contributed by atoms with Crippen LogP contribution in [-0.2, 0) is 31.9 Å². The first kappa shape index (κ1) is 22.4. The van der Waals surface area contributed by atoms with Crippen molar-refractivity contribution in [2.75, 3.05) is 7.11 Å². The second-order valence-corrected chi connectivity index (χ2v) is 8.91. The Hall–Kier alpha value is -2.84. The van der Waals surface area contributed by atoms with E-state index < -0.39 is 30.1 Å². The van der Waals surface area contributed by atoms with Gasteiger partial charge in [0.1, 0.15) is 23.8 Å². The minimum absolute atomic E-state index is 0.00789. The molecule has 32 heavy (non-hydrogen) atoms. The maximum absolute atomic E-state index is 13.8. The van der Waals surface area contributed by atoms with E-state index in [9.17, 15) is 9.18 Å². The molecule has 0 atom stereocenters. The van der Waals surface area contributed by atoms with Gasteiger partial charge in [-0.15, -0.1) is 0 Å². The van der Waals surface area contributed by atoms with E-state index >= 15 is 0 Å². The summed E-state index contributed by atoms with van der Waals surface area (Å²) < 4.78 is 42.6. The molecule has 3 aromatic rings. The van der Waals surface area contributed by atoms with Crippen molar-refractivity contribution in [2.45, 2.75) is 51.9 Å². The molecule has 2 aromatic carbocycles. The molecule has 1 saturated heterocycles. The Morgan fingerprint density at radius 1 is 1.06 bits per heavy atom. The van der Waals surface area contributed by atoms with Crippen molar-refractivity contribution in [1.82, 2.24) is 0 Å². The summed E-state index contributed by atoms with van der Waals surface area (Å²) in [6.07, 6.45) is 1.61. The van der Waals surface area contributed by atoms with Crippen LogP contribution in [0.1, 0.15) is 38.8 Å². The van der Waals surface area contributed by atoms with E-state index in [1.807, 2.05) is 45.9 Å². The van der Waals surface area contributed by atoms with Crippen LogP contribution in [0.2, 0.25) is 0 Å². The molecule has 0 unspecified atom stereocenters. The predicted molar refractivity (Wildman–Crippen MR) is 118 cm³/mol. The number of furan rings is 1. The lowest BCUT2D eigenvalue weighted by Crippen LogP contribution is -2.41. The van der Waals surface area contributed by atoms with E-state index in [0.717, 1.165) is 16.4 Å². The lowest BCUT2D eigenvalue weighted by Gasteiger charge is -2.32. The Morgan fingerprint density at radius 2 is 1.78 bits per heavy atom. The Morgan fingerprint density at radius 3 is 2.47 bits per heavy atom. The van der Waals surface area contributed by atoms with Crippen LogP contribution in [-0.4, -0.2) is 31.4 Å². The number of methoxy groups -OCH3 is 1. The second kappa shape index (κ2) is 8.26. The van der Waals surface area contributed by atoms with Crippen molar-refractivity contribution in [2.24, 2.45) is 0 Å². The molecule has 4 rings (SSSR count). The van der Waals surface area contributed by atoms with Gasteiger partial charge >= 0.3 is 13.1 Å². The maximum atomic E-state index is 13.8. The number of hydrogen-bond acceptors (Lipinski definition) is 6. The van der Waals surface area contributed by atoms with E-state index in [4.69, 9.17) is 23.2 Å². The third-order valence-corrected chi connectivity index (χ3v) is 6.13. The van der Waals surface area contributed by atoms with Gasteiger partial charge in [0.2, 0.25) is 0 Å². The SMILES string of the molecule is COC(=O)Cc1ccc(F)cc1OCc1cc(B2OC(C)(C)C(C)(C)O2)c2occc2c1. The number of carbonyl (C=O) groups excluding carboxylic acids is 1. The Balaban J connectivity index is 1.62. The minimum atomic E-state index is -0.599. The highest BCUT2D eigenvalue weighted by atomic mass is 19.1. The van der Waals surface area contributed by atoms with Gasteiger partial charge in [0.15, 0.2) is 0 Å². The van der Waals surface area contributed by atoms with E-state index in [1.165, 1.54) is 25.3 Å². The third kappa shape index (κ3) is 4.25. The molecule has 0 aliphatic carbocycles. The molecule has 0 bridgehead atoms. The van der Waals surface area contributed by atoms with Gasteiger partial charge in [-0.1, -0.05) is 12.1 Å². The van der Waals surface area contributed by atoms with Crippen molar-refractivity contribution in [3.05, 3.63) is 59.6 Å². The summed E-state index contributed by atoms with van der Waals surface area (Å²) in [5.74, 6) is -0.582. The first-order chi connectivity index (χ1) is 15.1. The summed E-state index contributed by atoms with van der Waals surface area (Å²) in [6.45, 7) is 8.13. The second-order valence-electron chi connectivity index (χ2n) is 8.91. The lowest BCUT2D eigenvalue weighted by molar-refractivity contribution is -0.139. The molecular weight excluding hydrogens is 414 g/mol. The number of rotatable bonds is 6. The molecule has 0 N–H and O–H groups in total. The molecule has 1 aliphatic heterocycles. The largest absolute Gasteiger partial charge is 0.498 e. The molecule has 0 saturated carbocycles.